The first kappa shape index (κ1) is 17.9. The molecule has 1 saturated heterocycles. The van der Waals surface area contributed by atoms with Crippen LogP contribution in [0.4, 0.5) is 0 Å². The number of carbonyl (C=O) groups is 1. The van der Waals surface area contributed by atoms with Crippen molar-refractivity contribution in [1.82, 2.24) is 10.2 Å². The Morgan fingerprint density at radius 2 is 2.20 bits per heavy atom. The number of hydrogen-bond donors (Lipinski definition) is 1. The number of likely N-dealkylation sites (tertiary alicyclic amines) is 1. The Morgan fingerprint density at radius 3 is 2.88 bits per heavy atom. The standard InChI is InChI=1S/C18H23ClN2O4/c1-2-24-16-9-13(3-4-15(16)19)10-21-7-5-14(6-8-21)20-18(22)17-11-23-12-25-17/h3-4,9,11,14H,2,5-8,10,12H2,1H3,(H,20,22). The van der Waals surface area contributed by atoms with Crippen molar-refractivity contribution >= 4 is 17.5 Å². The minimum atomic E-state index is -0.199. The lowest BCUT2D eigenvalue weighted by Crippen LogP contribution is -2.44. The topological polar surface area (TPSA) is 60.0 Å². The zero-order valence-corrected chi connectivity index (χ0v) is 15.1. The fourth-order valence-corrected chi connectivity index (χ4v) is 3.19. The van der Waals surface area contributed by atoms with Gasteiger partial charge in [0.15, 0.2) is 0 Å². The summed E-state index contributed by atoms with van der Waals surface area (Å²) >= 11 is 6.14. The molecular weight excluding hydrogens is 344 g/mol. The van der Waals surface area contributed by atoms with Crippen LogP contribution in [0, 0.1) is 0 Å². The van der Waals surface area contributed by atoms with Crippen molar-refractivity contribution in [1.29, 1.82) is 0 Å². The molecule has 1 amide bonds. The van der Waals surface area contributed by atoms with E-state index in [2.05, 4.69) is 10.2 Å². The molecule has 7 heteroatoms. The minimum absolute atomic E-state index is 0.117. The summed E-state index contributed by atoms with van der Waals surface area (Å²) in [5.41, 5.74) is 1.18. The third-order valence-corrected chi connectivity index (χ3v) is 4.63. The van der Waals surface area contributed by atoms with Crippen molar-refractivity contribution < 1.29 is 19.0 Å². The Kier molecular flexibility index (Phi) is 6.04. The molecule has 0 bridgehead atoms. The minimum Gasteiger partial charge on any atom is -0.492 e. The second-order valence-corrected chi connectivity index (χ2v) is 6.54. The van der Waals surface area contributed by atoms with Crippen LogP contribution >= 0.6 is 11.6 Å². The molecule has 25 heavy (non-hydrogen) atoms. The van der Waals surface area contributed by atoms with Crippen LogP contribution in [0.25, 0.3) is 0 Å². The summed E-state index contributed by atoms with van der Waals surface area (Å²) < 4.78 is 15.6. The van der Waals surface area contributed by atoms with Crippen molar-refractivity contribution in [2.75, 3.05) is 26.5 Å². The van der Waals surface area contributed by atoms with Crippen molar-refractivity contribution in [3.8, 4) is 5.75 Å². The van der Waals surface area contributed by atoms with Gasteiger partial charge in [0.05, 0.1) is 11.6 Å². The van der Waals surface area contributed by atoms with Gasteiger partial charge in [-0.2, -0.15) is 0 Å². The molecule has 2 aliphatic rings. The van der Waals surface area contributed by atoms with Gasteiger partial charge in [0, 0.05) is 25.7 Å². The van der Waals surface area contributed by atoms with Gasteiger partial charge in [0.2, 0.25) is 12.6 Å². The van der Waals surface area contributed by atoms with Crippen LogP contribution in [-0.2, 0) is 20.8 Å². The molecular formula is C18H23ClN2O4. The van der Waals surface area contributed by atoms with Crippen LogP contribution in [0.1, 0.15) is 25.3 Å². The molecule has 0 atom stereocenters. The van der Waals surface area contributed by atoms with E-state index in [1.807, 2.05) is 25.1 Å². The highest BCUT2D eigenvalue weighted by molar-refractivity contribution is 6.32. The Bertz CT molecular complexity index is 642. The summed E-state index contributed by atoms with van der Waals surface area (Å²) in [7, 11) is 0. The zero-order valence-electron chi connectivity index (χ0n) is 14.3. The molecule has 2 aliphatic heterocycles. The number of amides is 1. The van der Waals surface area contributed by atoms with Gasteiger partial charge in [-0.3, -0.25) is 9.69 Å². The van der Waals surface area contributed by atoms with E-state index < -0.39 is 0 Å². The third-order valence-electron chi connectivity index (χ3n) is 4.32. The predicted molar refractivity (Wildman–Crippen MR) is 94.2 cm³/mol. The number of hydrogen-bond acceptors (Lipinski definition) is 5. The van der Waals surface area contributed by atoms with Gasteiger partial charge in [-0.05, 0) is 37.5 Å². The number of rotatable bonds is 6. The normalized spacial score (nSPS) is 18.2. The molecule has 2 heterocycles. The Balaban J connectivity index is 1.47. The van der Waals surface area contributed by atoms with E-state index in [4.69, 9.17) is 25.8 Å². The van der Waals surface area contributed by atoms with Crippen molar-refractivity contribution in [3.63, 3.8) is 0 Å². The number of benzene rings is 1. The molecule has 1 aromatic carbocycles. The molecule has 0 aliphatic carbocycles. The molecule has 0 radical (unpaired) electrons. The Hall–Kier alpha value is -1.92. The summed E-state index contributed by atoms with van der Waals surface area (Å²) in [6.45, 7) is 5.36. The first-order valence-electron chi connectivity index (χ1n) is 8.54. The van der Waals surface area contributed by atoms with Crippen molar-refractivity contribution in [2.45, 2.75) is 32.4 Å². The van der Waals surface area contributed by atoms with E-state index in [0.29, 0.717) is 11.6 Å². The molecule has 0 aromatic heterocycles. The lowest BCUT2D eigenvalue weighted by molar-refractivity contribution is -0.121. The lowest BCUT2D eigenvalue weighted by atomic mass is 10.0. The van der Waals surface area contributed by atoms with Gasteiger partial charge < -0.3 is 19.5 Å². The number of piperidine rings is 1. The highest BCUT2D eigenvalue weighted by Gasteiger charge is 2.24. The van der Waals surface area contributed by atoms with Gasteiger partial charge in [-0.1, -0.05) is 17.7 Å². The maximum Gasteiger partial charge on any atom is 0.290 e. The summed E-state index contributed by atoms with van der Waals surface area (Å²) in [6, 6.07) is 6.08. The lowest BCUT2D eigenvalue weighted by Gasteiger charge is -2.32. The average Bonchev–Trinajstić information content (AvgIpc) is 3.15. The zero-order chi connectivity index (χ0) is 17.6. The second-order valence-electron chi connectivity index (χ2n) is 6.13. The molecule has 6 nitrogen and oxygen atoms in total. The third kappa shape index (κ3) is 4.80. The Morgan fingerprint density at radius 1 is 1.40 bits per heavy atom. The maximum absolute atomic E-state index is 12.0. The van der Waals surface area contributed by atoms with Crippen LogP contribution < -0.4 is 10.1 Å². The Labute approximate surface area is 152 Å². The molecule has 0 spiro atoms. The molecule has 1 N–H and O–H groups in total. The van der Waals surface area contributed by atoms with Crippen LogP contribution in [-0.4, -0.2) is 43.3 Å². The number of nitrogens with zero attached hydrogens (tertiary/aromatic N) is 1. The average molecular weight is 367 g/mol. The molecule has 1 aromatic rings. The van der Waals surface area contributed by atoms with Gasteiger partial charge in [-0.15, -0.1) is 0 Å². The monoisotopic (exact) mass is 366 g/mol. The summed E-state index contributed by atoms with van der Waals surface area (Å²) in [5, 5.41) is 3.64. The quantitative estimate of drug-likeness (QED) is 0.838. The predicted octanol–water partition coefficient (Wildman–Crippen LogP) is 2.67. The van der Waals surface area contributed by atoms with Gasteiger partial charge in [0.25, 0.3) is 5.91 Å². The van der Waals surface area contributed by atoms with E-state index in [1.165, 1.54) is 11.8 Å². The van der Waals surface area contributed by atoms with Gasteiger partial charge in [0.1, 0.15) is 12.0 Å². The second kappa shape index (κ2) is 8.45. The number of nitrogens with one attached hydrogen (secondary N) is 1. The first-order chi connectivity index (χ1) is 12.2. The number of halogens is 1. The summed E-state index contributed by atoms with van der Waals surface area (Å²) in [4.78, 5) is 14.4. The summed E-state index contributed by atoms with van der Waals surface area (Å²) in [5.74, 6) is 0.790. The largest absolute Gasteiger partial charge is 0.492 e. The fourth-order valence-electron chi connectivity index (χ4n) is 3.02. The fraction of sp³-hybridized carbons (Fsp3) is 0.500. The molecule has 3 rings (SSSR count). The van der Waals surface area contributed by atoms with E-state index in [1.54, 1.807) is 0 Å². The molecule has 0 unspecified atom stereocenters. The molecule has 136 valence electrons. The summed E-state index contributed by atoms with van der Waals surface area (Å²) in [6.07, 6.45) is 3.18. The van der Waals surface area contributed by atoms with Crippen molar-refractivity contribution in [2.24, 2.45) is 0 Å². The molecule has 0 saturated carbocycles. The maximum atomic E-state index is 12.0. The van der Waals surface area contributed by atoms with Gasteiger partial charge in [-0.25, -0.2) is 0 Å². The molecule has 1 fully saturated rings. The SMILES string of the molecule is CCOc1cc(CN2CCC(NC(=O)C3=COCO3)CC2)ccc1Cl. The number of carbonyl (C=O) groups excluding carboxylic acids is 1. The number of ether oxygens (including phenoxy) is 3. The van der Waals surface area contributed by atoms with E-state index >= 15 is 0 Å². The van der Waals surface area contributed by atoms with Gasteiger partial charge >= 0.3 is 0 Å². The van der Waals surface area contributed by atoms with Crippen LogP contribution in [0.15, 0.2) is 30.2 Å². The van der Waals surface area contributed by atoms with Crippen LogP contribution in [0.2, 0.25) is 5.02 Å². The van der Waals surface area contributed by atoms with E-state index in [9.17, 15) is 4.79 Å². The highest BCUT2D eigenvalue weighted by atomic mass is 35.5. The van der Waals surface area contributed by atoms with E-state index in [0.717, 1.165) is 38.2 Å². The van der Waals surface area contributed by atoms with Crippen LogP contribution in [0.5, 0.6) is 5.75 Å². The highest BCUT2D eigenvalue weighted by Crippen LogP contribution is 2.26. The van der Waals surface area contributed by atoms with Crippen molar-refractivity contribution in [3.05, 3.63) is 40.8 Å². The van der Waals surface area contributed by atoms with E-state index in [-0.39, 0.29) is 24.5 Å². The smallest absolute Gasteiger partial charge is 0.290 e. The first-order valence-corrected chi connectivity index (χ1v) is 8.92. The van der Waals surface area contributed by atoms with Crippen LogP contribution in [0.3, 0.4) is 0 Å².